The number of aryl methyl sites for hydroxylation is 2. The number of rotatable bonds is 4. The second-order valence-electron chi connectivity index (χ2n) is 6.63. The number of carbonyl (C=O) groups is 2. The molecule has 0 bridgehead atoms. The summed E-state index contributed by atoms with van der Waals surface area (Å²) in [4.78, 5) is 26.4. The number of urea groups is 1. The molecule has 6 heteroatoms. The van der Waals surface area contributed by atoms with E-state index in [-0.39, 0.29) is 18.3 Å². The summed E-state index contributed by atoms with van der Waals surface area (Å²) in [5, 5.41) is 5.37. The summed E-state index contributed by atoms with van der Waals surface area (Å²) < 4.78 is 13.2. The van der Waals surface area contributed by atoms with Crippen molar-refractivity contribution >= 4 is 17.6 Å². The Morgan fingerprint density at radius 2 is 1.92 bits per heavy atom. The van der Waals surface area contributed by atoms with Crippen LogP contribution in [-0.2, 0) is 11.3 Å². The number of benzene rings is 2. The summed E-state index contributed by atoms with van der Waals surface area (Å²) in [6, 6.07) is 11.0. The van der Waals surface area contributed by atoms with Gasteiger partial charge in [-0.05, 0) is 61.2 Å². The van der Waals surface area contributed by atoms with Crippen molar-refractivity contribution < 1.29 is 14.0 Å². The zero-order chi connectivity index (χ0) is 18.7. The van der Waals surface area contributed by atoms with Gasteiger partial charge < -0.3 is 15.5 Å². The maximum absolute atomic E-state index is 13.2. The molecule has 0 aromatic heterocycles. The number of carbonyl (C=O) groups excluding carboxylic acids is 2. The molecule has 1 heterocycles. The van der Waals surface area contributed by atoms with Gasteiger partial charge in [-0.25, -0.2) is 9.18 Å². The Labute approximate surface area is 152 Å². The molecule has 2 aromatic carbocycles. The molecule has 0 radical (unpaired) electrons. The van der Waals surface area contributed by atoms with Gasteiger partial charge in [0.05, 0.1) is 0 Å². The Kier molecular flexibility index (Phi) is 5.21. The number of nitrogens with zero attached hydrogens (tertiary/aromatic N) is 1. The van der Waals surface area contributed by atoms with Crippen LogP contribution in [0, 0.1) is 19.7 Å². The third kappa shape index (κ3) is 4.20. The van der Waals surface area contributed by atoms with E-state index >= 15 is 0 Å². The minimum Gasteiger partial charge on any atom is -0.334 e. The third-order valence-corrected chi connectivity index (χ3v) is 4.37. The molecule has 26 heavy (non-hydrogen) atoms. The fourth-order valence-electron chi connectivity index (χ4n) is 3.22. The number of amides is 3. The van der Waals surface area contributed by atoms with Crippen LogP contribution in [-0.4, -0.2) is 24.5 Å². The summed E-state index contributed by atoms with van der Waals surface area (Å²) >= 11 is 0. The fraction of sp³-hybridized carbons (Fsp3) is 0.300. The van der Waals surface area contributed by atoms with E-state index < -0.39 is 12.1 Å². The molecular formula is C20H22FN3O2. The van der Waals surface area contributed by atoms with Gasteiger partial charge in [-0.1, -0.05) is 18.2 Å². The zero-order valence-electron chi connectivity index (χ0n) is 14.9. The number of nitrogens with one attached hydrogen (secondary N) is 2. The second-order valence-corrected chi connectivity index (χ2v) is 6.63. The molecule has 1 saturated heterocycles. The van der Waals surface area contributed by atoms with Gasteiger partial charge in [0.25, 0.3) is 0 Å². The molecule has 3 amide bonds. The average molecular weight is 355 g/mol. The van der Waals surface area contributed by atoms with Crippen LogP contribution in [0.3, 0.4) is 0 Å². The van der Waals surface area contributed by atoms with Crippen LogP contribution in [0.5, 0.6) is 0 Å². The normalized spacial score (nSPS) is 16.7. The van der Waals surface area contributed by atoms with Crippen molar-refractivity contribution in [2.24, 2.45) is 0 Å². The van der Waals surface area contributed by atoms with Gasteiger partial charge in [-0.2, -0.15) is 0 Å². The Morgan fingerprint density at radius 3 is 2.62 bits per heavy atom. The Balaban J connectivity index is 1.57. The number of hydrogen-bond donors (Lipinski definition) is 2. The molecule has 136 valence electrons. The van der Waals surface area contributed by atoms with Crippen LogP contribution >= 0.6 is 0 Å². The largest absolute Gasteiger partial charge is 0.334 e. The molecule has 1 atom stereocenters. The lowest BCUT2D eigenvalue weighted by Gasteiger charge is -2.18. The van der Waals surface area contributed by atoms with E-state index in [1.54, 1.807) is 17.0 Å². The molecule has 1 aliphatic heterocycles. The van der Waals surface area contributed by atoms with Gasteiger partial charge in [0.2, 0.25) is 5.91 Å². The quantitative estimate of drug-likeness (QED) is 0.886. The highest BCUT2D eigenvalue weighted by molar-refractivity contribution is 6.01. The van der Waals surface area contributed by atoms with E-state index in [0.717, 1.165) is 16.8 Å². The van der Waals surface area contributed by atoms with Crippen molar-refractivity contribution in [3.63, 3.8) is 0 Å². The maximum Gasteiger partial charge on any atom is 0.315 e. The van der Waals surface area contributed by atoms with E-state index in [1.165, 1.54) is 12.1 Å². The number of anilines is 1. The monoisotopic (exact) mass is 355 g/mol. The van der Waals surface area contributed by atoms with E-state index in [0.29, 0.717) is 18.5 Å². The average Bonchev–Trinajstić information content (AvgIpc) is 2.93. The first-order chi connectivity index (χ1) is 12.4. The minimum atomic E-state index is -0.552. The molecule has 0 saturated carbocycles. The lowest BCUT2D eigenvalue weighted by molar-refractivity contribution is -0.118. The predicted molar refractivity (Wildman–Crippen MR) is 98.4 cm³/mol. The first-order valence-electron chi connectivity index (χ1n) is 8.61. The summed E-state index contributed by atoms with van der Waals surface area (Å²) in [7, 11) is 0. The van der Waals surface area contributed by atoms with Crippen molar-refractivity contribution in [2.75, 3.05) is 11.4 Å². The van der Waals surface area contributed by atoms with Crippen LogP contribution in [0.1, 0.15) is 23.1 Å². The van der Waals surface area contributed by atoms with Crippen molar-refractivity contribution in [3.8, 4) is 0 Å². The summed E-state index contributed by atoms with van der Waals surface area (Å²) in [6.45, 7) is 4.75. The van der Waals surface area contributed by atoms with Crippen LogP contribution < -0.4 is 15.5 Å². The highest BCUT2D eigenvalue weighted by Gasteiger charge is 2.33. The smallest absolute Gasteiger partial charge is 0.315 e. The number of hydrogen-bond acceptors (Lipinski definition) is 2. The van der Waals surface area contributed by atoms with E-state index in [1.807, 2.05) is 26.0 Å². The molecule has 1 fully saturated rings. The molecule has 2 N–H and O–H groups in total. The second kappa shape index (κ2) is 7.56. The fourth-order valence-corrected chi connectivity index (χ4v) is 3.22. The van der Waals surface area contributed by atoms with Crippen LogP contribution in [0.15, 0.2) is 42.5 Å². The van der Waals surface area contributed by atoms with E-state index in [4.69, 9.17) is 0 Å². The minimum absolute atomic E-state index is 0.115. The highest BCUT2D eigenvalue weighted by Crippen LogP contribution is 2.24. The Hall–Kier alpha value is -2.89. The molecular weight excluding hydrogens is 333 g/mol. The predicted octanol–water partition coefficient (Wildman–Crippen LogP) is 3.05. The molecule has 1 aliphatic rings. The van der Waals surface area contributed by atoms with Gasteiger partial charge in [0, 0.05) is 18.8 Å². The van der Waals surface area contributed by atoms with Crippen molar-refractivity contribution in [1.29, 1.82) is 0 Å². The summed E-state index contributed by atoms with van der Waals surface area (Å²) in [5.41, 5.74) is 3.71. The first-order valence-corrected chi connectivity index (χ1v) is 8.61. The van der Waals surface area contributed by atoms with Crippen LogP contribution in [0.4, 0.5) is 14.9 Å². The Bertz CT molecular complexity index is 817. The molecule has 5 nitrogen and oxygen atoms in total. The van der Waals surface area contributed by atoms with Crippen LogP contribution in [0.2, 0.25) is 0 Å². The lowest BCUT2D eigenvalue weighted by atomic mass is 10.1. The Morgan fingerprint density at radius 1 is 1.19 bits per heavy atom. The van der Waals surface area contributed by atoms with E-state index in [9.17, 15) is 14.0 Å². The van der Waals surface area contributed by atoms with Gasteiger partial charge in [-0.3, -0.25) is 4.79 Å². The lowest BCUT2D eigenvalue weighted by Crippen LogP contribution is -2.46. The molecule has 0 aliphatic carbocycles. The molecule has 0 spiro atoms. The zero-order valence-corrected chi connectivity index (χ0v) is 14.9. The summed E-state index contributed by atoms with van der Waals surface area (Å²) in [5.74, 6) is -0.462. The van der Waals surface area contributed by atoms with E-state index in [2.05, 4.69) is 16.7 Å². The number of halogens is 1. The summed E-state index contributed by atoms with van der Waals surface area (Å²) in [6.07, 6.45) is 0.555. The topological polar surface area (TPSA) is 61.4 Å². The van der Waals surface area contributed by atoms with Gasteiger partial charge in [0.1, 0.15) is 11.9 Å². The van der Waals surface area contributed by atoms with Crippen LogP contribution in [0.25, 0.3) is 0 Å². The molecule has 2 aromatic rings. The highest BCUT2D eigenvalue weighted by atomic mass is 19.1. The molecule has 3 rings (SSSR count). The maximum atomic E-state index is 13.2. The molecule has 0 unspecified atom stereocenters. The SMILES string of the molecule is Cc1cc(C)cc(N2CC[C@H](NC(=O)NCc3cccc(F)c3)C2=O)c1. The van der Waals surface area contributed by atoms with Gasteiger partial charge >= 0.3 is 6.03 Å². The standard InChI is InChI=1S/C20H22FN3O2/c1-13-8-14(2)10-17(9-13)24-7-6-18(19(24)25)23-20(26)22-12-15-4-3-5-16(21)11-15/h3-5,8-11,18H,6-7,12H2,1-2H3,(H2,22,23,26)/t18-/m0/s1. The van der Waals surface area contributed by atoms with Gasteiger partial charge in [-0.15, -0.1) is 0 Å². The van der Waals surface area contributed by atoms with Crippen molar-refractivity contribution in [1.82, 2.24) is 10.6 Å². The third-order valence-electron chi connectivity index (χ3n) is 4.37. The van der Waals surface area contributed by atoms with Gasteiger partial charge in [0.15, 0.2) is 0 Å². The van der Waals surface area contributed by atoms with Crippen molar-refractivity contribution in [2.45, 2.75) is 32.9 Å². The van der Waals surface area contributed by atoms with Crippen molar-refractivity contribution in [3.05, 3.63) is 65.0 Å². The first kappa shape index (κ1) is 17.9.